The Hall–Kier alpha value is -2.47. The molecule has 0 unspecified atom stereocenters. The molecule has 2 aliphatic heterocycles. The molecular weight excluding hydrogens is 320 g/mol. The minimum Gasteiger partial charge on any atom is -0.367 e. The number of aryl methyl sites for hydroxylation is 1. The lowest BCUT2D eigenvalue weighted by Gasteiger charge is -2.36. The molecule has 1 atom stereocenters. The zero-order valence-corrected chi connectivity index (χ0v) is 14.2. The van der Waals surface area contributed by atoms with Crippen molar-refractivity contribution < 1.29 is 18.8 Å². The first-order valence-corrected chi connectivity index (χ1v) is 8.58. The fraction of sp³-hybridized carbons (Fsp3) is 0.421. The van der Waals surface area contributed by atoms with E-state index in [9.17, 15) is 9.59 Å². The van der Waals surface area contributed by atoms with Gasteiger partial charge in [0.25, 0.3) is 5.91 Å². The Morgan fingerprint density at radius 2 is 2.04 bits per heavy atom. The average molecular weight is 340 g/mol. The van der Waals surface area contributed by atoms with Crippen LogP contribution in [0.15, 0.2) is 34.9 Å². The molecule has 1 spiro atoms. The number of piperidine rings is 1. The summed E-state index contributed by atoms with van der Waals surface area (Å²) in [5.74, 6) is 0.262. The second-order valence-electron chi connectivity index (χ2n) is 6.79. The van der Waals surface area contributed by atoms with Crippen molar-refractivity contribution in [1.29, 1.82) is 0 Å². The number of rotatable bonds is 2. The van der Waals surface area contributed by atoms with Gasteiger partial charge in [-0.15, -0.1) is 0 Å². The van der Waals surface area contributed by atoms with Gasteiger partial charge in [0.15, 0.2) is 17.2 Å². The van der Waals surface area contributed by atoms with E-state index >= 15 is 0 Å². The van der Waals surface area contributed by atoms with Crippen LogP contribution in [-0.2, 0) is 9.53 Å². The SMILES string of the molecule is Cc1ccc(-c2cc(C(=O)N3CC[C@]4(CCCO4)C(=O)C3)no2)cc1. The van der Waals surface area contributed by atoms with Crippen LogP contribution in [0, 0.1) is 6.92 Å². The maximum absolute atomic E-state index is 12.7. The highest BCUT2D eigenvalue weighted by Gasteiger charge is 2.46. The molecule has 0 bridgehead atoms. The molecule has 2 aliphatic rings. The molecule has 25 heavy (non-hydrogen) atoms. The van der Waals surface area contributed by atoms with Crippen LogP contribution >= 0.6 is 0 Å². The van der Waals surface area contributed by atoms with Crippen molar-refractivity contribution in [3.05, 3.63) is 41.6 Å². The number of hydrogen-bond acceptors (Lipinski definition) is 5. The van der Waals surface area contributed by atoms with Crippen molar-refractivity contribution in [1.82, 2.24) is 10.1 Å². The Labute approximate surface area is 145 Å². The number of carbonyl (C=O) groups is 2. The Kier molecular flexibility index (Phi) is 3.92. The van der Waals surface area contributed by atoms with Gasteiger partial charge in [-0.05, 0) is 19.8 Å². The smallest absolute Gasteiger partial charge is 0.276 e. The van der Waals surface area contributed by atoms with E-state index in [4.69, 9.17) is 9.26 Å². The third-order valence-electron chi connectivity index (χ3n) is 5.08. The Bertz CT molecular complexity index is 803. The highest BCUT2D eigenvalue weighted by Crippen LogP contribution is 2.33. The van der Waals surface area contributed by atoms with Gasteiger partial charge >= 0.3 is 0 Å². The monoisotopic (exact) mass is 340 g/mol. The van der Waals surface area contributed by atoms with Crippen molar-refractivity contribution in [2.24, 2.45) is 0 Å². The van der Waals surface area contributed by atoms with E-state index in [0.29, 0.717) is 25.3 Å². The summed E-state index contributed by atoms with van der Waals surface area (Å²) in [6.45, 7) is 3.21. The molecule has 130 valence electrons. The first kappa shape index (κ1) is 16.0. The fourth-order valence-electron chi connectivity index (χ4n) is 3.53. The largest absolute Gasteiger partial charge is 0.367 e. The third-order valence-corrected chi connectivity index (χ3v) is 5.08. The first-order chi connectivity index (χ1) is 12.1. The Morgan fingerprint density at radius 1 is 1.24 bits per heavy atom. The van der Waals surface area contributed by atoms with Crippen molar-refractivity contribution in [3.8, 4) is 11.3 Å². The molecule has 1 amide bonds. The molecule has 0 N–H and O–H groups in total. The minimum atomic E-state index is -0.659. The quantitative estimate of drug-likeness (QED) is 0.840. The third kappa shape index (κ3) is 2.87. The molecular formula is C19H20N2O4. The Balaban J connectivity index is 1.48. The van der Waals surface area contributed by atoms with E-state index < -0.39 is 5.60 Å². The normalized spacial score (nSPS) is 23.4. The highest BCUT2D eigenvalue weighted by atomic mass is 16.5. The number of carbonyl (C=O) groups excluding carboxylic acids is 2. The number of ketones is 1. The second-order valence-corrected chi connectivity index (χ2v) is 6.79. The fourth-order valence-corrected chi connectivity index (χ4v) is 3.53. The van der Waals surface area contributed by atoms with Gasteiger partial charge in [0.05, 0.1) is 6.54 Å². The average Bonchev–Trinajstić information content (AvgIpc) is 3.28. The van der Waals surface area contributed by atoms with E-state index in [1.54, 1.807) is 6.07 Å². The number of ether oxygens (including phenoxy) is 1. The van der Waals surface area contributed by atoms with E-state index in [1.165, 1.54) is 4.90 Å². The van der Waals surface area contributed by atoms with Gasteiger partial charge in [-0.25, -0.2) is 0 Å². The zero-order valence-electron chi connectivity index (χ0n) is 14.2. The minimum absolute atomic E-state index is 0.00754. The molecule has 0 aliphatic carbocycles. The van der Waals surface area contributed by atoms with Crippen LogP contribution in [-0.4, -0.2) is 47.0 Å². The van der Waals surface area contributed by atoms with Gasteiger partial charge in [-0.3, -0.25) is 9.59 Å². The van der Waals surface area contributed by atoms with Crippen molar-refractivity contribution >= 4 is 11.7 Å². The number of hydrogen-bond donors (Lipinski definition) is 0. The number of amides is 1. The number of Topliss-reactive ketones (excluding diaryl/α,β-unsaturated/α-hetero) is 1. The van der Waals surface area contributed by atoms with Crippen LogP contribution < -0.4 is 0 Å². The summed E-state index contributed by atoms with van der Waals surface area (Å²) in [4.78, 5) is 26.7. The lowest BCUT2D eigenvalue weighted by molar-refractivity contribution is -0.144. The van der Waals surface area contributed by atoms with E-state index in [2.05, 4.69) is 5.16 Å². The predicted octanol–water partition coefficient (Wildman–Crippen LogP) is 2.61. The van der Waals surface area contributed by atoms with E-state index in [1.807, 2.05) is 31.2 Å². The summed E-state index contributed by atoms with van der Waals surface area (Å²) in [6.07, 6.45) is 2.22. The van der Waals surface area contributed by atoms with Crippen LogP contribution in [0.1, 0.15) is 35.3 Å². The van der Waals surface area contributed by atoms with Gasteiger partial charge in [-0.2, -0.15) is 0 Å². The summed E-state index contributed by atoms with van der Waals surface area (Å²) in [5.41, 5.74) is 1.58. The molecule has 1 aromatic heterocycles. The summed E-state index contributed by atoms with van der Waals surface area (Å²) < 4.78 is 11.0. The molecule has 0 radical (unpaired) electrons. The van der Waals surface area contributed by atoms with Gasteiger partial charge in [-0.1, -0.05) is 35.0 Å². The Morgan fingerprint density at radius 3 is 2.72 bits per heavy atom. The first-order valence-electron chi connectivity index (χ1n) is 8.58. The van der Waals surface area contributed by atoms with Gasteiger partial charge < -0.3 is 14.2 Å². The van der Waals surface area contributed by atoms with Crippen LogP contribution in [0.25, 0.3) is 11.3 Å². The van der Waals surface area contributed by atoms with Gasteiger partial charge in [0.2, 0.25) is 0 Å². The van der Waals surface area contributed by atoms with Crippen molar-refractivity contribution in [3.63, 3.8) is 0 Å². The maximum atomic E-state index is 12.7. The molecule has 6 nitrogen and oxygen atoms in total. The van der Waals surface area contributed by atoms with Crippen LogP contribution in [0.4, 0.5) is 0 Å². The van der Waals surface area contributed by atoms with Crippen LogP contribution in [0.3, 0.4) is 0 Å². The maximum Gasteiger partial charge on any atom is 0.276 e. The van der Waals surface area contributed by atoms with Gasteiger partial charge in [0, 0.05) is 31.2 Å². The zero-order chi connectivity index (χ0) is 17.4. The molecule has 0 saturated carbocycles. The summed E-state index contributed by atoms with van der Waals surface area (Å²) in [5, 5.41) is 3.90. The lowest BCUT2D eigenvalue weighted by Crippen LogP contribution is -2.53. The van der Waals surface area contributed by atoms with Gasteiger partial charge in [0.1, 0.15) is 5.60 Å². The number of aromatic nitrogens is 1. The second kappa shape index (κ2) is 6.11. The van der Waals surface area contributed by atoms with E-state index in [0.717, 1.165) is 24.0 Å². The molecule has 2 fully saturated rings. The predicted molar refractivity (Wildman–Crippen MR) is 90.1 cm³/mol. The topological polar surface area (TPSA) is 72.6 Å². The number of nitrogens with zero attached hydrogens (tertiary/aromatic N) is 2. The summed E-state index contributed by atoms with van der Waals surface area (Å²) >= 11 is 0. The molecule has 4 rings (SSSR count). The summed E-state index contributed by atoms with van der Waals surface area (Å²) in [6, 6.07) is 9.44. The standard InChI is InChI=1S/C19H20N2O4/c1-13-3-5-14(6-4-13)16-11-15(20-25-16)18(23)21-9-8-19(17(22)12-21)7-2-10-24-19/h3-6,11H,2,7-10,12H2,1H3/t19-/m1/s1. The van der Waals surface area contributed by atoms with Crippen LogP contribution in [0.5, 0.6) is 0 Å². The molecule has 2 saturated heterocycles. The number of benzene rings is 1. The van der Waals surface area contributed by atoms with Crippen molar-refractivity contribution in [2.75, 3.05) is 19.7 Å². The summed E-state index contributed by atoms with van der Waals surface area (Å²) in [7, 11) is 0. The molecule has 6 heteroatoms. The molecule has 1 aromatic carbocycles. The van der Waals surface area contributed by atoms with E-state index in [-0.39, 0.29) is 23.9 Å². The van der Waals surface area contributed by atoms with Crippen molar-refractivity contribution in [2.45, 2.75) is 31.8 Å². The molecule has 2 aromatic rings. The molecule has 3 heterocycles. The lowest BCUT2D eigenvalue weighted by atomic mass is 9.87. The number of likely N-dealkylation sites (tertiary alicyclic amines) is 1. The highest BCUT2D eigenvalue weighted by molar-refractivity contribution is 5.98. The van der Waals surface area contributed by atoms with Crippen LogP contribution in [0.2, 0.25) is 0 Å².